The Bertz CT molecular complexity index is 92.3. The molecule has 1 fully saturated rings. The average Bonchev–Trinajstić information content (AvgIpc) is 2.13. The highest BCUT2D eigenvalue weighted by atomic mass is 15.7. The normalized spacial score (nSPS) is 30.0. The van der Waals surface area contributed by atoms with Gasteiger partial charge in [0.05, 0.1) is 0 Å². The number of hydrogen-bond donors (Lipinski definition) is 2. The highest BCUT2D eigenvalue weighted by Gasteiger charge is 2.22. The summed E-state index contributed by atoms with van der Waals surface area (Å²) in [7, 11) is 2.06. The highest BCUT2D eigenvalue weighted by Crippen LogP contribution is 2.07. The van der Waals surface area contributed by atoms with Gasteiger partial charge < -0.3 is 0 Å². The van der Waals surface area contributed by atoms with Gasteiger partial charge in [0.1, 0.15) is 0 Å². The van der Waals surface area contributed by atoms with E-state index in [4.69, 9.17) is 0 Å². The van der Waals surface area contributed by atoms with Crippen LogP contribution in [-0.2, 0) is 0 Å². The molecule has 0 amide bonds. The maximum atomic E-state index is 3.08. The van der Waals surface area contributed by atoms with E-state index < -0.39 is 0 Å². The molecule has 1 aliphatic heterocycles. The minimum Gasteiger partial charge on any atom is -0.242 e. The number of hydrazine groups is 2. The topological polar surface area (TPSA) is 27.3 Å². The molecule has 0 spiro atoms. The SMILES string of the molecule is CC(C)C1CNNN1C. The molecule has 0 aromatic carbocycles. The van der Waals surface area contributed by atoms with E-state index in [9.17, 15) is 0 Å². The Morgan fingerprint density at radius 1 is 1.56 bits per heavy atom. The maximum absolute atomic E-state index is 3.08. The standard InChI is InChI=1S/C6H15N3/c1-5(2)6-4-7-8-9(6)3/h5-8H,4H2,1-3H3. The second-order valence-electron chi connectivity index (χ2n) is 2.91. The van der Waals surface area contributed by atoms with Crippen molar-refractivity contribution in [2.75, 3.05) is 13.6 Å². The van der Waals surface area contributed by atoms with Crippen LogP contribution < -0.4 is 11.0 Å². The van der Waals surface area contributed by atoms with E-state index in [0.29, 0.717) is 6.04 Å². The van der Waals surface area contributed by atoms with Crippen LogP contribution >= 0.6 is 0 Å². The lowest BCUT2D eigenvalue weighted by Gasteiger charge is -2.20. The molecular formula is C6H15N3. The first-order valence-electron chi connectivity index (χ1n) is 3.43. The molecule has 0 aliphatic carbocycles. The van der Waals surface area contributed by atoms with Gasteiger partial charge in [0, 0.05) is 19.6 Å². The Hall–Kier alpha value is -0.120. The molecule has 0 bridgehead atoms. The van der Waals surface area contributed by atoms with Crippen molar-refractivity contribution in [1.82, 2.24) is 16.0 Å². The van der Waals surface area contributed by atoms with E-state index in [-0.39, 0.29) is 0 Å². The summed E-state index contributed by atoms with van der Waals surface area (Å²) < 4.78 is 0. The Kier molecular flexibility index (Phi) is 2.05. The third-order valence-electron chi connectivity index (χ3n) is 1.83. The van der Waals surface area contributed by atoms with Crippen LogP contribution in [0, 0.1) is 5.92 Å². The Labute approximate surface area is 56.4 Å². The third kappa shape index (κ3) is 1.41. The lowest BCUT2D eigenvalue weighted by molar-refractivity contribution is 0.191. The molecule has 1 atom stereocenters. The van der Waals surface area contributed by atoms with E-state index in [1.165, 1.54) is 0 Å². The second-order valence-corrected chi connectivity index (χ2v) is 2.91. The van der Waals surface area contributed by atoms with Crippen LogP contribution in [0.2, 0.25) is 0 Å². The van der Waals surface area contributed by atoms with Crippen LogP contribution in [0.3, 0.4) is 0 Å². The molecule has 0 saturated carbocycles. The first-order chi connectivity index (χ1) is 4.22. The summed E-state index contributed by atoms with van der Waals surface area (Å²) in [6.07, 6.45) is 0. The largest absolute Gasteiger partial charge is 0.242 e. The number of hydrogen-bond acceptors (Lipinski definition) is 3. The van der Waals surface area contributed by atoms with Crippen molar-refractivity contribution in [2.45, 2.75) is 19.9 Å². The summed E-state index contributed by atoms with van der Waals surface area (Å²) in [6, 6.07) is 0.644. The van der Waals surface area contributed by atoms with Crippen molar-refractivity contribution < 1.29 is 0 Å². The van der Waals surface area contributed by atoms with E-state index in [1.54, 1.807) is 0 Å². The molecule has 3 nitrogen and oxygen atoms in total. The Morgan fingerprint density at radius 3 is 2.44 bits per heavy atom. The zero-order valence-corrected chi connectivity index (χ0v) is 6.31. The van der Waals surface area contributed by atoms with Crippen molar-refractivity contribution in [1.29, 1.82) is 0 Å². The fraction of sp³-hybridized carbons (Fsp3) is 1.00. The predicted octanol–water partition coefficient (Wildman–Crippen LogP) is -0.0344. The van der Waals surface area contributed by atoms with Gasteiger partial charge in [-0.25, -0.2) is 10.4 Å². The first-order valence-corrected chi connectivity index (χ1v) is 3.43. The molecule has 9 heavy (non-hydrogen) atoms. The molecule has 0 aromatic rings. The van der Waals surface area contributed by atoms with Crippen LogP contribution in [0.15, 0.2) is 0 Å². The summed E-state index contributed by atoms with van der Waals surface area (Å²) in [4.78, 5) is 0. The van der Waals surface area contributed by atoms with Crippen LogP contribution in [0.25, 0.3) is 0 Å². The Morgan fingerprint density at radius 2 is 2.22 bits per heavy atom. The predicted molar refractivity (Wildman–Crippen MR) is 37.5 cm³/mol. The van der Waals surface area contributed by atoms with Crippen molar-refractivity contribution in [2.24, 2.45) is 5.92 Å². The molecule has 1 saturated heterocycles. The van der Waals surface area contributed by atoms with E-state index in [1.807, 2.05) is 0 Å². The molecule has 0 radical (unpaired) electrons. The summed E-state index contributed by atoms with van der Waals surface area (Å²) >= 11 is 0. The van der Waals surface area contributed by atoms with Gasteiger partial charge in [-0.15, -0.1) is 0 Å². The number of nitrogens with one attached hydrogen (secondary N) is 2. The Balaban J connectivity index is 2.40. The first kappa shape index (κ1) is 6.99. The van der Waals surface area contributed by atoms with Crippen LogP contribution in [0.5, 0.6) is 0 Å². The second kappa shape index (κ2) is 2.64. The number of likely N-dealkylation sites (N-methyl/N-ethyl adjacent to an activating group) is 1. The number of rotatable bonds is 1. The molecule has 3 heteroatoms. The molecule has 1 unspecified atom stereocenters. The molecule has 1 heterocycles. The smallest absolute Gasteiger partial charge is 0.0415 e. The van der Waals surface area contributed by atoms with Gasteiger partial charge in [-0.2, -0.15) is 5.53 Å². The molecule has 1 aliphatic rings. The molecule has 54 valence electrons. The minimum absolute atomic E-state index is 0.644. The fourth-order valence-corrected chi connectivity index (χ4v) is 1.18. The van der Waals surface area contributed by atoms with E-state index in [0.717, 1.165) is 12.5 Å². The maximum Gasteiger partial charge on any atom is 0.0415 e. The van der Waals surface area contributed by atoms with Crippen molar-refractivity contribution in [3.63, 3.8) is 0 Å². The minimum atomic E-state index is 0.644. The summed E-state index contributed by atoms with van der Waals surface area (Å²) in [5.41, 5.74) is 6.11. The van der Waals surface area contributed by atoms with Gasteiger partial charge >= 0.3 is 0 Å². The van der Waals surface area contributed by atoms with Crippen molar-refractivity contribution >= 4 is 0 Å². The lowest BCUT2D eigenvalue weighted by atomic mass is 10.1. The lowest BCUT2D eigenvalue weighted by Crippen LogP contribution is -2.38. The third-order valence-corrected chi connectivity index (χ3v) is 1.83. The zero-order chi connectivity index (χ0) is 6.85. The summed E-state index contributed by atoms with van der Waals surface area (Å²) in [5, 5.41) is 2.12. The molecule has 2 N–H and O–H groups in total. The van der Waals surface area contributed by atoms with Crippen LogP contribution in [0.4, 0.5) is 0 Å². The monoisotopic (exact) mass is 129 g/mol. The van der Waals surface area contributed by atoms with Crippen molar-refractivity contribution in [3.05, 3.63) is 0 Å². The van der Waals surface area contributed by atoms with Crippen LogP contribution in [-0.4, -0.2) is 24.6 Å². The van der Waals surface area contributed by atoms with E-state index in [2.05, 4.69) is 36.9 Å². The van der Waals surface area contributed by atoms with Crippen LogP contribution in [0.1, 0.15) is 13.8 Å². The zero-order valence-electron chi connectivity index (χ0n) is 6.31. The summed E-state index contributed by atoms with van der Waals surface area (Å²) in [6.45, 7) is 5.51. The number of nitrogens with zero attached hydrogens (tertiary/aromatic N) is 1. The van der Waals surface area contributed by atoms with E-state index >= 15 is 0 Å². The van der Waals surface area contributed by atoms with Gasteiger partial charge in [0.25, 0.3) is 0 Å². The quantitative estimate of drug-likeness (QED) is 0.520. The highest BCUT2D eigenvalue weighted by molar-refractivity contribution is 4.75. The van der Waals surface area contributed by atoms with Gasteiger partial charge in [-0.3, -0.25) is 0 Å². The van der Waals surface area contributed by atoms with Gasteiger partial charge in [0.15, 0.2) is 0 Å². The summed E-state index contributed by atoms with van der Waals surface area (Å²) in [5.74, 6) is 0.720. The molecule has 0 aromatic heterocycles. The van der Waals surface area contributed by atoms with Gasteiger partial charge in [-0.05, 0) is 5.92 Å². The molecular weight excluding hydrogens is 114 g/mol. The fourth-order valence-electron chi connectivity index (χ4n) is 1.18. The average molecular weight is 129 g/mol. The van der Waals surface area contributed by atoms with Gasteiger partial charge in [0.2, 0.25) is 0 Å². The molecule has 1 rings (SSSR count). The van der Waals surface area contributed by atoms with Crippen molar-refractivity contribution in [3.8, 4) is 0 Å². The van der Waals surface area contributed by atoms with Gasteiger partial charge in [-0.1, -0.05) is 13.8 Å².